The predicted molar refractivity (Wildman–Crippen MR) is 114 cm³/mol. The van der Waals surface area contributed by atoms with Gasteiger partial charge in [-0.1, -0.05) is 23.7 Å². The van der Waals surface area contributed by atoms with E-state index in [2.05, 4.69) is 16.0 Å². The molecule has 0 radical (unpaired) electrons. The number of ether oxygens (including phenoxy) is 2. The molecule has 1 fully saturated rings. The summed E-state index contributed by atoms with van der Waals surface area (Å²) in [5.41, 5.74) is -0.459. The first-order chi connectivity index (χ1) is 15.3. The largest absolute Gasteiger partial charge is 0.486 e. The van der Waals surface area contributed by atoms with Crippen molar-refractivity contribution < 1.29 is 28.7 Å². The lowest BCUT2D eigenvalue weighted by atomic mass is 9.92. The lowest BCUT2D eigenvalue weighted by Gasteiger charge is -2.22. The minimum Gasteiger partial charge on any atom is -0.486 e. The van der Waals surface area contributed by atoms with E-state index < -0.39 is 36.0 Å². The van der Waals surface area contributed by atoms with Crippen LogP contribution in [0.4, 0.5) is 15.3 Å². The first-order valence-corrected chi connectivity index (χ1v) is 10.0. The smallest absolute Gasteiger partial charge is 0.325 e. The molecule has 4 rings (SSSR count). The Balaban J connectivity index is 1.37. The fourth-order valence-corrected chi connectivity index (χ4v) is 3.54. The summed E-state index contributed by atoms with van der Waals surface area (Å²) < 4.78 is 10.8. The normalized spacial score (nSPS) is 19.4. The van der Waals surface area contributed by atoms with Gasteiger partial charge in [-0.3, -0.25) is 19.8 Å². The van der Waals surface area contributed by atoms with Gasteiger partial charge >= 0.3 is 12.1 Å². The third kappa shape index (κ3) is 4.17. The second-order valence-electron chi connectivity index (χ2n) is 7.31. The van der Waals surface area contributed by atoms with Gasteiger partial charge in [-0.05, 0) is 36.8 Å². The number of carbonyl (C=O) groups excluding carboxylic acids is 4. The standard InChI is InChI=1S/C21H19ClN4O6/c1-21(12-2-4-13(22)5-3-12)18(28)26(20(30)25-21)11-17(27)24-19(29)23-14-6-7-15-16(10-14)32-9-8-31-15/h2-7,10H,8-9,11H2,1H3,(H,25,30)(H2,23,24,27,29)/t21-/m0/s1. The fraction of sp³-hybridized carbons (Fsp3) is 0.238. The average molecular weight is 459 g/mol. The molecule has 0 aliphatic carbocycles. The van der Waals surface area contributed by atoms with E-state index >= 15 is 0 Å². The van der Waals surface area contributed by atoms with Crippen molar-refractivity contribution in [2.75, 3.05) is 25.1 Å². The molecule has 11 heteroatoms. The van der Waals surface area contributed by atoms with Crippen LogP contribution < -0.4 is 25.4 Å². The molecule has 3 N–H and O–H groups in total. The summed E-state index contributed by atoms with van der Waals surface area (Å²) in [4.78, 5) is 50.5. The van der Waals surface area contributed by atoms with Gasteiger partial charge in [-0.2, -0.15) is 0 Å². The minimum atomic E-state index is -1.35. The first kappa shape index (κ1) is 21.4. The molecule has 2 aliphatic heterocycles. The number of urea groups is 2. The van der Waals surface area contributed by atoms with E-state index in [9.17, 15) is 19.2 Å². The van der Waals surface area contributed by atoms with Crippen LogP contribution in [0.25, 0.3) is 0 Å². The van der Waals surface area contributed by atoms with Gasteiger partial charge in [0.05, 0.1) is 0 Å². The van der Waals surface area contributed by atoms with Gasteiger partial charge in [-0.25, -0.2) is 9.59 Å². The second-order valence-corrected chi connectivity index (χ2v) is 7.75. The van der Waals surface area contributed by atoms with Crippen molar-refractivity contribution in [1.82, 2.24) is 15.5 Å². The number of anilines is 1. The number of nitrogens with one attached hydrogen (secondary N) is 3. The maximum atomic E-state index is 12.9. The molecule has 1 saturated heterocycles. The van der Waals surface area contributed by atoms with Gasteiger partial charge in [0.1, 0.15) is 25.3 Å². The van der Waals surface area contributed by atoms with Gasteiger partial charge in [0.2, 0.25) is 5.91 Å². The van der Waals surface area contributed by atoms with Crippen LogP contribution in [0.2, 0.25) is 5.02 Å². The molecule has 2 aliphatic rings. The molecule has 0 aromatic heterocycles. The number of benzene rings is 2. The molecule has 6 amide bonds. The third-order valence-corrected chi connectivity index (χ3v) is 5.30. The molecule has 0 saturated carbocycles. The summed E-state index contributed by atoms with van der Waals surface area (Å²) in [5, 5.41) is 7.66. The van der Waals surface area contributed by atoms with E-state index in [4.69, 9.17) is 21.1 Å². The average Bonchev–Trinajstić information content (AvgIpc) is 2.97. The second kappa shape index (κ2) is 8.39. The fourth-order valence-electron chi connectivity index (χ4n) is 3.41. The molecule has 10 nitrogen and oxygen atoms in total. The quantitative estimate of drug-likeness (QED) is 0.603. The molecule has 1 atom stereocenters. The maximum absolute atomic E-state index is 12.9. The lowest BCUT2D eigenvalue weighted by molar-refractivity contribution is -0.134. The van der Waals surface area contributed by atoms with E-state index in [1.807, 2.05) is 0 Å². The van der Waals surface area contributed by atoms with E-state index in [0.29, 0.717) is 41.0 Å². The van der Waals surface area contributed by atoms with Crippen LogP contribution in [-0.2, 0) is 15.1 Å². The van der Waals surface area contributed by atoms with Gasteiger partial charge in [-0.15, -0.1) is 0 Å². The zero-order valence-corrected chi connectivity index (χ0v) is 17.7. The van der Waals surface area contributed by atoms with E-state index in [-0.39, 0.29) is 0 Å². The number of hydrogen-bond acceptors (Lipinski definition) is 6. The van der Waals surface area contributed by atoms with Gasteiger partial charge in [0, 0.05) is 16.8 Å². The molecule has 2 heterocycles. The summed E-state index contributed by atoms with van der Waals surface area (Å²) in [7, 11) is 0. The predicted octanol–water partition coefficient (Wildman–Crippen LogP) is 2.23. The summed E-state index contributed by atoms with van der Waals surface area (Å²) >= 11 is 5.88. The number of hydrogen-bond donors (Lipinski definition) is 3. The number of nitrogens with zero attached hydrogens (tertiary/aromatic N) is 1. The molecule has 166 valence electrons. The topological polar surface area (TPSA) is 126 Å². The number of amides is 6. The number of carbonyl (C=O) groups is 4. The highest BCUT2D eigenvalue weighted by atomic mass is 35.5. The molecular weight excluding hydrogens is 440 g/mol. The Morgan fingerprint density at radius 1 is 1.09 bits per heavy atom. The maximum Gasteiger partial charge on any atom is 0.325 e. The van der Waals surface area contributed by atoms with Crippen LogP contribution in [0.5, 0.6) is 11.5 Å². The zero-order chi connectivity index (χ0) is 22.9. The summed E-state index contributed by atoms with van der Waals surface area (Å²) in [5.74, 6) is -0.419. The molecule has 0 spiro atoms. The Labute approximate surface area is 187 Å². The van der Waals surface area contributed by atoms with Crippen molar-refractivity contribution in [2.45, 2.75) is 12.5 Å². The highest BCUT2D eigenvalue weighted by Gasteiger charge is 2.49. The van der Waals surface area contributed by atoms with E-state index in [1.165, 1.54) is 6.92 Å². The molecule has 2 aromatic rings. The summed E-state index contributed by atoms with van der Waals surface area (Å²) in [6.07, 6.45) is 0. The Kier molecular flexibility index (Phi) is 5.62. The molecule has 0 bridgehead atoms. The van der Waals surface area contributed by atoms with Crippen molar-refractivity contribution in [2.24, 2.45) is 0 Å². The SMILES string of the molecule is C[C@@]1(c2ccc(Cl)cc2)NC(=O)N(CC(=O)NC(=O)Nc2ccc3c(c2)OCCO3)C1=O. The number of rotatable bonds is 4. The minimum absolute atomic E-state index is 0.379. The van der Waals surface area contributed by atoms with Gasteiger partial charge in [0.15, 0.2) is 11.5 Å². The van der Waals surface area contributed by atoms with Crippen LogP contribution in [0.15, 0.2) is 42.5 Å². The van der Waals surface area contributed by atoms with Crippen LogP contribution >= 0.6 is 11.6 Å². The van der Waals surface area contributed by atoms with E-state index in [0.717, 1.165) is 4.90 Å². The molecular formula is C21H19ClN4O6. The molecule has 0 unspecified atom stereocenters. The summed E-state index contributed by atoms with van der Waals surface area (Å²) in [6.45, 7) is 1.74. The zero-order valence-electron chi connectivity index (χ0n) is 16.9. The van der Waals surface area contributed by atoms with Crippen LogP contribution in [0.3, 0.4) is 0 Å². The number of imide groups is 2. The van der Waals surface area contributed by atoms with Crippen molar-refractivity contribution in [3.8, 4) is 11.5 Å². The van der Waals surface area contributed by atoms with E-state index in [1.54, 1.807) is 42.5 Å². The van der Waals surface area contributed by atoms with Crippen LogP contribution in [-0.4, -0.2) is 48.5 Å². The van der Waals surface area contributed by atoms with Crippen molar-refractivity contribution in [3.63, 3.8) is 0 Å². The summed E-state index contributed by atoms with van der Waals surface area (Å²) in [6, 6.07) is 9.65. The van der Waals surface area contributed by atoms with Gasteiger partial charge < -0.3 is 20.1 Å². The number of fused-ring (bicyclic) bond motifs is 1. The Morgan fingerprint density at radius 2 is 1.78 bits per heavy atom. The molecule has 32 heavy (non-hydrogen) atoms. The Hall–Kier alpha value is -3.79. The van der Waals surface area contributed by atoms with Crippen molar-refractivity contribution >= 4 is 41.2 Å². The lowest BCUT2D eigenvalue weighted by Crippen LogP contribution is -2.45. The van der Waals surface area contributed by atoms with Crippen LogP contribution in [0, 0.1) is 0 Å². The molecule has 2 aromatic carbocycles. The Bertz CT molecular complexity index is 1110. The van der Waals surface area contributed by atoms with Crippen LogP contribution in [0.1, 0.15) is 12.5 Å². The number of halogens is 1. The van der Waals surface area contributed by atoms with Crippen molar-refractivity contribution in [1.29, 1.82) is 0 Å². The highest BCUT2D eigenvalue weighted by Crippen LogP contribution is 2.32. The highest BCUT2D eigenvalue weighted by molar-refractivity contribution is 6.30. The first-order valence-electron chi connectivity index (χ1n) is 9.67. The third-order valence-electron chi connectivity index (χ3n) is 5.05. The van der Waals surface area contributed by atoms with Gasteiger partial charge in [0.25, 0.3) is 5.91 Å². The van der Waals surface area contributed by atoms with Crippen molar-refractivity contribution in [3.05, 3.63) is 53.1 Å². The Morgan fingerprint density at radius 3 is 2.50 bits per heavy atom. The monoisotopic (exact) mass is 458 g/mol.